The number of amides is 2. The molecule has 0 aliphatic carbocycles. The van der Waals surface area contributed by atoms with E-state index >= 15 is 0 Å². The van der Waals surface area contributed by atoms with Crippen LogP contribution in [0.4, 0.5) is 0 Å². The highest BCUT2D eigenvalue weighted by molar-refractivity contribution is 9.10. The fourth-order valence-electron chi connectivity index (χ4n) is 1.84. The van der Waals surface area contributed by atoms with Gasteiger partial charge in [-0.05, 0) is 48.4 Å². The van der Waals surface area contributed by atoms with E-state index in [9.17, 15) is 9.59 Å². The zero-order valence-electron chi connectivity index (χ0n) is 13.4. The van der Waals surface area contributed by atoms with Crippen LogP contribution < -0.4 is 15.6 Å². The summed E-state index contributed by atoms with van der Waals surface area (Å²) in [5.74, 6) is -0.381. The quantitative estimate of drug-likeness (QED) is 0.570. The Morgan fingerprint density at radius 2 is 1.96 bits per heavy atom. The fourth-order valence-corrected chi connectivity index (χ4v) is 2.29. The molecule has 0 unspecified atom stereocenters. The van der Waals surface area contributed by atoms with Crippen molar-refractivity contribution >= 4 is 45.4 Å². The number of nitrogens with one attached hydrogen (secondary N) is 2. The van der Waals surface area contributed by atoms with Gasteiger partial charge in [-0.15, -0.1) is 0 Å². The maximum Gasteiger partial charge on any atom is 0.276 e. The second-order valence-electron chi connectivity index (χ2n) is 5.09. The molecule has 25 heavy (non-hydrogen) atoms. The molecule has 130 valence electrons. The lowest BCUT2D eigenvalue weighted by Gasteiger charge is -2.08. The summed E-state index contributed by atoms with van der Waals surface area (Å²) in [7, 11) is 0. The van der Waals surface area contributed by atoms with E-state index in [0.717, 1.165) is 10.0 Å². The van der Waals surface area contributed by atoms with Crippen LogP contribution in [0, 0.1) is 6.92 Å². The first-order valence-corrected chi connectivity index (χ1v) is 8.53. The lowest BCUT2D eigenvalue weighted by molar-refractivity contribution is -0.128. The van der Waals surface area contributed by atoms with E-state index in [1.165, 1.54) is 6.08 Å². The number of hydrogen-bond acceptors (Lipinski definition) is 3. The Kier molecular flexibility index (Phi) is 7.03. The number of ether oxygens (including phenoxy) is 1. The molecule has 2 aromatic rings. The van der Waals surface area contributed by atoms with Crippen molar-refractivity contribution in [2.75, 3.05) is 6.61 Å². The van der Waals surface area contributed by atoms with Crippen LogP contribution in [0.1, 0.15) is 11.1 Å². The lowest BCUT2D eigenvalue weighted by atomic mass is 10.2. The van der Waals surface area contributed by atoms with Gasteiger partial charge >= 0.3 is 0 Å². The van der Waals surface area contributed by atoms with Gasteiger partial charge in [-0.3, -0.25) is 20.4 Å². The molecule has 0 fully saturated rings. The van der Waals surface area contributed by atoms with E-state index < -0.39 is 11.8 Å². The Morgan fingerprint density at radius 3 is 2.68 bits per heavy atom. The van der Waals surface area contributed by atoms with E-state index in [0.29, 0.717) is 16.3 Å². The summed E-state index contributed by atoms with van der Waals surface area (Å²) in [6.07, 6.45) is 2.84. The van der Waals surface area contributed by atoms with E-state index in [4.69, 9.17) is 16.3 Å². The highest BCUT2D eigenvalue weighted by Crippen LogP contribution is 2.21. The molecule has 0 bridgehead atoms. The van der Waals surface area contributed by atoms with Crippen molar-refractivity contribution in [2.45, 2.75) is 6.92 Å². The van der Waals surface area contributed by atoms with Crippen molar-refractivity contribution in [3.63, 3.8) is 0 Å². The molecule has 0 aliphatic rings. The van der Waals surface area contributed by atoms with Crippen LogP contribution >= 0.6 is 27.5 Å². The molecule has 7 heteroatoms. The van der Waals surface area contributed by atoms with Gasteiger partial charge in [-0.1, -0.05) is 45.7 Å². The van der Waals surface area contributed by atoms with E-state index in [1.54, 1.807) is 30.3 Å². The third kappa shape index (κ3) is 6.25. The van der Waals surface area contributed by atoms with Crippen molar-refractivity contribution in [1.29, 1.82) is 0 Å². The number of benzene rings is 2. The maximum atomic E-state index is 11.7. The standard InChI is InChI=1S/C18H16BrClN2O3/c1-12-10-14(7-8-15(12)19)25-11-18(24)22-21-17(23)9-6-13-4-2-3-5-16(13)20/h2-10H,11H2,1H3,(H,21,23)(H,22,24). The van der Waals surface area contributed by atoms with Gasteiger partial charge in [0.2, 0.25) is 0 Å². The number of rotatable bonds is 5. The summed E-state index contributed by atoms with van der Waals surface area (Å²) in [6, 6.07) is 12.5. The largest absolute Gasteiger partial charge is 0.484 e. The zero-order valence-corrected chi connectivity index (χ0v) is 15.7. The van der Waals surface area contributed by atoms with Crippen LogP contribution in [-0.4, -0.2) is 18.4 Å². The predicted octanol–water partition coefficient (Wildman–Crippen LogP) is 3.65. The second-order valence-corrected chi connectivity index (χ2v) is 6.35. The number of hydrogen-bond donors (Lipinski definition) is 2. The number of carbonyl (C=O) groups excluding carboxylic acids is 2. The van der Waals surface area contributed by atoms with Crippen molar-refractivity contribution in [1.82, 2.24) is 10.9 Å². The van der Waals surface area contributed by atoms with E-state index in [2.05, 4.69) is 26.8 Å². The zero-order chi connectivity index (χ0) is 18.2. The molecule has 2 rings (SSSR count). The van der Waals surface area contributed by atoms with Crippen molar-refractivity contribution in [2.24, 2.45) is 0 Å². The molecule has 0 saturated heterocycles. The van der Waals surface area contributed by atoms with Crippen LogP contribution in [0.25, 0.3) is 6.08 Å². The van der Waals surface area contributed by atoms with Gasteiger partial charge in [-0.25, -0.2) is 0 Å². The highest BCUT2D eigenvalue weighted by Gasteiger charge is 2.05. The smallest absolute Gasteiger partial charge is 0.276 e. The molecule has 0 radical (unpaired) electrons. The van der Waals surface area contributed by atoms with Crippen LogP contribution in [0.15, 0.2) is 53.0 Å². The van der Waals surface area contributed by atoms with Crippen molar-refractivity contribution < 1.29 is 14.3 Å². The van der Waals surface area contributed by atoms with Crippen LogP contribution in [0.3, 0.4) is 0 Å². The normalized spacial score (nSPS) is 10.5. The third-order valence-electron chi connectivity index (χ3n) is 3.14. The van der Waals surface area contributed by atoms with Gasteiger partial charge in [0.05, 0.1) is 0 Å². The minimum atomic E-state index is -0.479. The Balaban J connectivity index is 1.76. The summed E-state index contributed by atoms with van der Waals surface area (Å²) in [6.45, 7) is 1.71. The number of halogens is 2. The molecule has 2 N–H and O–H groups in total. The molecule has 0 aromatic heterocycles. The van der Waals surface area contributed by atoms with E-state index in [1.807, 2.05) is 25.1 Å². The summed E-state index contributed by atoms with van der Waals surface area (Å²) in [5, 5.41) is 0.536. The third-order valence-corrected chi connectivity index (χ3v) is 4.38. The lowest BCUT2D eigenvalue weighted by Crippen LogP contribution is -2.43. The number of aryl methyl sites for hydroxylation is 1. The van der Waals surface area contributed by atoms with Gasteiger partial charge in [0, 0.05) is 15.6 Å². The predicted molar refractivity (Wildman–Crippen MR) is 101 cm³/mol. The SMILES string of the molecule is Cc1cc(OCC(=O)NNC(=O)C=Cc2ccccc2Cl)ccc1Br. The van der Waals surface area contributed by atoms with Gasteiger partial charge in [-0.2, -0.15) is 0 Å². The average molecular weight is 424 g/mol. The Labute approximate surface area is 159 Å². The molecular weight excluding hydrogens is 408 g/mol. The second kappa shape index (κ2) is 9.25. The first-order chi connectivity index (χ1) is 12.0. The molecular formula is C18H16BrClN2O3. The topological polar surface area (TPSA) is 67.4 Å². The van der Waals surface area contributed by atoms with Crippen LogP contribution in [-0.2, 0) is 9.59 Å². The number of carbonyl (C=O) groups is 2. The molecule has 0 spiro atoms. The highest BCUT2D eigenvalue weighted by atomic mass is 79.9. The van der Waals surface area contributed by atoms with Gasteiger partial charge in [0.15, 0.2) is 6.61 Å². The molecule has 2 aromatic carbocycles. The van der Waals surface area contributed by atoms with E-state index in [-0.39, 0.29) is 6.61 Å². The summed E-state index contributed by atoms with van der Waals surface area (Å²) in [5.41, 5.74) is 6.25. The number of hydrazine groups is 1. The maximum absolute atomic E-state index is 11.7. The molecule has 2 amide bonds. The monoisotopic (exact) mass is 422 g/mol. The fraction of sp³-hybridized carbons (Fsp3) is 0.111. The van der Waals surface area contributed by atoms with Crippen LogP contribution in [0.2, 0.25) is 5.02 Å². The Morgan fingerprint density at radius 1 is 1.20 bits per heavy atom. The molecule has 0 saturated carbocycles. The average Bonchev–Trinajstić information content (AvgIpc) is 2.60. The molecule has 0 atom stereocenters. The molecule has 0 heterocycles. The summed E-state index contributed by atoms with van der Waals surface area (Å²) < 4.78 is 6.32. The van der Waals surface area contributed by atoms with Gasteiger partial charge in [0.1, 0.15) is 5.75 Å². The van der Waals surface area contributed by atoms with Crippen molar-refractivity contribution in [3.05, 3.63) is 69.2 Å². The minimum Gasteiger partial charge on any atom is -0.484 e. The van der Waals surface area contributed by atoms with Gasteiger partial charge in [0.25, 0.3) is 11.8 Å². The van der Waals surface area contributed by atoms with Crippen LogP contribution in [0.5, 0.6) is 5.75 Å². The Bertz CT molecular complexity index is 809. The van der Waals surface area contributed by atoms with Gasteiger partial charge < -0.3 is 4.74 Å². The summed E-state index contributed by atoms with van der Waals surface area (Å²) >= 11 is 9.37. The first-order valence-electron chi connectivity index (χ1n) is 7.36. The molecule has 0 aliphatic heterocycles. The minimum absolute atomic E-state index is 0.213. The summed E-state index contributed by atoms with van der Waals surface area (Å²) in [4.78, 5) is 23.4. The van der Waals surface area contributed by atoms with Crippen molar-refractivity contribution in [3.8, 4) is 5.75 Å². The first kappa shape index (κ1) is 19.0. The Hall–Kier alpha value is -2.31. The molecule has 5 nitrogen and oxygen atoms in total.